The van der Waals surface area contributed by atoms with Crippen molar-refractivity contribution in [3.05, 3.63) is 42.0 Å². The molecule has 2 rings (SSSR count). The van der Waals surface area contributed by atoms with Gasteiger partial charge in [-0.25, -0.2) is 0 Å². The Labute approximate surface area is 134 Å². The van der Waals surface area contributed by atoms with Crippen molar-refractivity contribution < 1.29 is 4.79 Å². The van der Waals surface area contributed by atoms with Crippen LogP contribution in [0.4, 0.5) is 0 Å². The van der Waals surface area contributed by atoms with Crippen LogP contribution in [-0.4, -0.2) is 48.4 Å². The molecule has 1 aliphatic heterocycles. The van der Waals surface area contributed by atoms with Crippen molar-refractivity contribution in [2.75, 3.05) is 32.7 Å². The number of carbonyl (C=O) groups is 1. The zero-order valence-electron chi connectivity index (χ0n) is 13.9. The van der Waals surface area contributed by atoms with Crippen LogP contribution < -0.4 is 0 Å². The van der Waals surface area contributed by atoms with Gasteiger partial charge in [0, 0.05) is 39.1 Å². The quantitative estimate of drug-likeness (QED) is 0.805. The topological polar surface area (TPSA) is 23.6 Å². The smallest absolute Gasteiger partial charge is 0.222 e. The molecule has 1 aromatic rings. The number of amides is 1. The van der Waals surface area contributed by atoms with Crippen LogP contribution in [0.2, 0.25) is 0 Å². The van der Waals surface area contributed by atoms with E-state index < -0.39 is 0 Å². The van der Waals surface area contributed by atoms with Gasteiger partial charge in [-0.15, -0.1) is 0 Å². The summed E-state index contributed by atoms with van der Waals surface area (Å²) in [4.78, 5) is 16.5. The van der Waals surface area contributed by atoms with Gasteiger partial charge in [-0.05, 0) is 17.9 Å². The van der Waals surface area contributed by atoms with Crippen molar-refractivity contribution in [1.29, 1.82) is 0 Å². The number of carbonyl (C=O) groups excluding carboxylic acids is 1. The summed E-state index contributed by atoms with van der Waals surface area (Å²) in [5, 5.41) is 0. The number of hydrogen-bond acceptors (Lipinski definition) is 2. The Bertz CT molecular complexity index is 473. The summed E-state index contributed by atoms with van der Waals surface area (Å²) in [6, 6.07) is 10.4. The zero-order valence-corrected chi connectivity index (χ0v) is 13.9. The van der Waals surface area contributed by atoms with Crippen molar-refractivity contribution in [3.63, 3.8) is 0 Å². The Morgan fingerprint density at radius 1 is 1.14 bits per heavy atom. The Morgan fingerprint density at radius 2 is 1.82 bits per heavy atom. The van der Waals surface area contributed by atoms with Gasteiger partial charge < -0.3 is 4.90 Å². The van der Waals surface area contributed by atoms with E-state index >= 15 is 0 Å². The van der Waals surface area contributed by atoms with E-state index in [-0.39, 0.29) is 0 Å². The lowest BCUT2D eigenvalue weighted by Gasteiger charge is -2.35. The van der Waals surface area contributed by atoms with Crippen LogP contribution in [-0.2, 0) is 4.79 Å². The first-order valence-corrected chi connectivity index (χ1v) is 8.37. The lowest BCUT2D eigenvalue weighted by Crippen LogP contribution is -2.49. The van der Waals surface area contributed by atoms with Crippen LogP contribution >= 0.6 is 0 Å². The number of piperazine rings is 1. The maximum atomic E-state index is 12.0. The molecule has 0 aliphatic carbocycles. The van der Waals surface area contributed by atoms with Crippen molar-refractivity contribution in [1.82, 2.24) is 9.80 Å². The third-order valence-electron chi connectivity index (χ3n) is 4.03. The van der Waals surface area contributed by atoms with Gasteiger partial charge in [0.2, 0.25) is 5.91 Å². The van der Waals surface area contributed by atoms with Gasteiger partial charge in [-0.2, -0.15) is 0 Å². The highest BCUT2D eigenvalue weighted by Gasteiger charge is 2.20. The number of benzene rings is 1. The molecule has 3 heteroatoms. The maximum absolute atomic E-state index is 12.0. The van der Waals surface area contributed by atoms with Gasteiger partial charge in [0.25, 0.3) is 0 Å². The predicted octanol–water partition coefficient (Wildman–Crippen LogP) is 3.28. The first-order valence-electron chi connectivity index (χ1n) is 8.37. The fourth-order valence-corrected chi connectivity index (χ4v) is 2.74. The van der Waals surface area contributed by atoms with E-state index in [1.807, 2.05) is 11.0 Å². The summed E-state index contributed by atoms with van der Waals surface area (Å²) in [6.45, 7) is 9.06. The number of hydrogen-bond donors (Lipinski definition) is 0. The van der Waals surface area contributed by atoms with E-state index in [4.69, 9.17) is 0 Å². The molecule has 0 atom stereocenters. The van der Waals surface area contributed by atoms with Gasteiger partial charge >= 0.3 is 0 Å². The molecule has 1 aliphatic rings. The summed E-state index contributed by atoms with van der Waals surface area (Å²) < 4.78 is 0. The van der Waals surface area contributed by atoms with Gasteiger partial charge in [0.1, 0.15) is 0 Å². The number of nitrogens with zero attached hydrogens (tertiary/aromatic N) is 2. The second-order valence-corrected chi connectivity index (χ2v) is 6.42. The summed E-state index contributed by atoms with van der Waals surface area (Å²) in [6.07, 6.45) is 6.17. The third kappa shape index (κ3) is 5.64. The van der Waals surface area contributed by atoms with Gasteiger partial charge in [0.05, 0.1) is 0 Å². The minimum atomic E-state index is 0.318. The molecular formula is C19H28N2O. The van der Waals surface area contributed by atoms with Crippen LogP contribution in [0.3, 0.4) is 0 Å². The van der Waals surface area contributed by atoms with Crippen LogP contribution in [0.5, 0.6) is 0 Å². The average molecular weight is 300 g/mol. The highest BCUT2D eigenvalue weighted by molar-refractivity contribution is 5.76. The summed E-state index contributed by atoms with van der Waals surface area (Å²) in [5.74, 6) is 0.771. The fraction of sp³-hybridized carbons (Fsp3) is 0.526. The van der Waals surface area contributed by atoms with Crippen molar-refractivity contribution in [2.45, 2.75) is 26.7 Å². The van der Waals surface area contributed by atoms with Crippen LogP contribution in [0, 0.1) is 5.92 Å². The standard InChI is InChI=1S/C19H28N2O/c1-17(2)16-19(22)21-14-12-20(13-15-21)11-7-6-10-18-8-4-3-5-9-18/h3-6,8-10,17H,7,11-16H2,1-2H3/b10-6+. The predicted molar refractivity (Wildman–Crippen MR) is 92.6 cm³/mol. The molecule has 0 spiro atoms. The molecule has 1 aromatic carbocycles. The lowest BCUT2D eigenvalue weighted by atomic mass is 10.1. The Balaban J connectivity index is 1.65. The molecule has 0 N–H and O–H groups in total. The number of rotatable bonds is 6. The molecule has 120 valence electrons. The zero-order chi connectivity index (χ0) is 15.8. The van der Waals surface area contributed by atoms with Gasteiger partial charge in [-0.3, -0.25) is 9.69 Å². The molecule has 0 radical (unpaired) electrons. The Morgan fingerprint density at radius 3 is 2.45 bits per heavy atom. The van der Waals surface area contributed by atoms with Crippen LogP contribution in [0.25, 0.3) is 6.08 Å². The van der Waals surface area contributed by atoms with Gasteiger partial charge in [0.15, 0.2) is 0 Å². The molecule has 0 saturated carbocycles. The molecule has 0 bridgehead atoms. The molecule has 1 fully saturated rings. The average Bonchev–Trinajstić information content (AvgIpc) is 2.52. The SMILES string of the molecule is CC(C)CC(=O)N1CCN(CC/C=C/c2ccccc2)CC1. The van der Waals surface area contributed by atoms with Gasteiger partial charge in [-0.1, -0.05) is 56.3 Å². The Hall–Kier alpha value is -1.61. The highest BCUT2D eigenvalue weighted by Crippen LogP contribution is 2.09. The summed E-state index contributed by atoms with van der Waals surface area (Å²) >= 11 is 0. The second-order valence-electron chi connectivity index (χ2n) is 6.42. The first-order chi connectivity index (χ1) is 10.6. The molecule has 0 unspecified atom stereocenters. The Kier molecular flexibility index (Phi) is 6.66. The fourth-order valence-electron chi connectivity index (χ4n) is 2.74. The van der Waals surface area contributed by atoms with Crippen molar-refractivity contribution in [2.24, 2.45) is 5.92 Å². The molecule has 0 aromatic heterocycles. The molecule has 3 nitrogen and oxygen atoms in total. The van der Waals surface area contributed by atoms with E-state index in [1.165, 1.54) is 5.56 Å². The van der Waals surface area contributed by atoms with E-state index in [0.717, 1.165) is 39.1 Å². The van der Waals surface area contributed by atoms with E-state index in [9.17, 15) is 4.79 Å². The lowest BCUT2D eigenvalue weighted by molar-refractivity contribution is -0.133. The minimum absolute atomic E-state index is 0.318. The van der Waals surface area contributed by atoms with Crippen LogP contribution in [0.1, 0.15) is 32.3 Å². The normalized spacial score (nSPS) is 16.6. The molecule has 1 saturated heterocycles. The minimum Gasteiger partial charge on any atom is -0.340 e. The second kappa shape index (κ2) is 8.74. The van der Waals surface area contributed by atoms with E-state index in [0.29, 0.717) is 18.2 Å². The largest absolute Gasteiger partial charge is 0.340 e. The van der Waals surface area contributed by atoms with E-state index in [2.05, 4.69) is 55.2 Å². The van der Waals surface area contributed by atoms with E-state index in [1.54, 1.807) is 0 Å². The highest BCUT2D eigenvalue weighted by atomic mass is 16.2. The molecule has 22 heavy (non-hydrogen) atoms. The summed E-state index contributed by atoms with van der Waals surface area (Å²) in [5.41, 5.74) is 1.26. The summed E-state index contributed by atoms with van der Waals surface area (Å²) in [7, 11) is 0. The monoisotopic (exact) mass is 300 g/mol. The van der Waals surface area contributed by atoms with Crippen LogP contribution in [0.15, 0.2) is 36.4 Å². The molecule has 1 amide bonds. The van der Waals surface area contributed by atoms with Crippen molar-refractivity contribution >= 4 is 12.0 Å². The third-order valence-corrected chi connectivity index (χ3v) is 4.03. The van der Waals surface area contributed by atoms with Crippen molar-refractivity contribution in [3.8, 4) is 0 Å². The maximum Gasteiger partial charge on any atom is 0.222 e. The first kappa shape index (κ1) is 16.8. The molecular weight excluding hydrogens is 272 g/mol. The molecule has 1 heterocycles.